The molecule has 3 heteroatoms. The molecule has 2 aromatic rings. The number of methoxy groups -OCH3 is 2. The van der Waals surface area contributed by atoms with Crippen molar-refractivity contribution in [1.29, 1.82) is 0 Å². The van der Waals surface area contributed by atoms with Crippen LogP contribution in [0.2, 0.25) is 0 Å². The molecule has 0 spiro atoms. The average molecular weight is 272 g/mol. The van der Waals surface area contributed by atoms with E-state index in [1.54, 1.807) is 20.3 Å². The van der Waals surface area contributed by atoms with Crippen molar-refractivity contribution in [2.75, 3.05) is 14.2 Å². The van der Waals surface area contributed by atoms with Gasteiger partial charge in [-0.15, -0.1) is 0 Å². The average Bonchev–Trinajstić information content (AvgIpc) is 2.45. The minimum absolute atomic E-state index is 0.210. The lowest BCUT2D eigenvalue weighted by Crippen LogP contribution is -1.96. The van der Waals surface area contributed by atoms with Crippen LogP contribution in [0.25, 0.3) is 11.1 Å². The fourth-order valence-corrected chi connectivity index (χ4v) is 2.42. The Labute approximate surface area is 119 Å². The summed E-state index contributed by atoms with van der Waals surface area (Å²) in [7, 11) is 3.28. The van der Waals surface area contributed by atoms with Gasteiger partial charge in [-0.2, -0.15) is 0 Å². The van der Waals surface area contributed by atoms with Crippen LogP contribution >= 0.6 is 0 Å². The molecule has 1 N–H and O–H groups in total. The Kier molecular flexibility index (Phi) is 4.18. The van der Waals surface area contributed by atoms with Gasteiger partial charge in [0.15, 0.2) is 0 Å². The van der Waals surface area contributed by atoms with Crippen molar-refractivity contribution in [1.82, 2.24) is 0 Å². The van der Waals surface area contributed by atoms with Crippen LogP contribution in [0.5, 0.6) is 17.2 Å². The number of aromatic hydroxyl groups is 1. The molecule has 0 amide bonds. The van der Waals surface area contributed by atoms with E-state index in [0.29, 0.717) is 5.75 Å². The zero-order chi connectivity index (χ0) is 14.7. The van der Waals surface area contributed by atoms with E-state index in [2.05, 4.69) is 13.8 Å². The number of phenolic OH excluding ortho intramolecular Hbond substituents is 1. The molecule has 0 aliphatic heterocycles. The van der Waals surface area contributed by atoms with Crippen LogP contribution in [0.15, 0.2) is 36.4 Å². The molecule has 2 rings (SSSR count). The first-order chi connectivity index (χ1) is 9.58. The highest BCUT2D eigenvalue weighted by Gasteiger charge is 2.16. The van der Waals surface area contributed by atoms with Crippen molar-refractivity contribution >= 4 is 0 Å². The van der Waals surface area contributed by atoms with E-state index in [0.717, 1.165) is 28.2 Å². The van der Waals surface area contributed by atoms with Gasteiger partial charge in [-0.05, 0) is 35.7 Å². The largest absolute Gasteiger partial charge is 0.508 e. The first-order valence-electron chi connectivity index (χ1n) is 6.62. The Morgan fingerprint density at radius 2 is 1.70 bits per heavy atom. The Morgan fingerprint density at radius 1 is 0.950 bits per heavy atom. The predicted octanol–water partition coefficient (Wildman–Crippen LogP) is 4.20. The summed E-state index contributed by atoms with van der Waals surface area (Å²) in [5.74, 6) is 2.04. The summed E-state index contributed by atoms with van der Waals surface area (Å²) in [4.78, 5) is 0. The highest BCUT2D eigenvalue weighted by molar-refractivity contribution is 5.77. The van der Waals surface area contributed by atoms with Crippen molar-refractivity contribution in [3.8, 4) is 28.4 Å². The fraction of sp³-hybridized carbons (Fsp3) is 0.294. The SMILES string of the molecule is COc1ccc(OC)c(-c2cccc(O)c2C(C)C)c1. The molecule has 0 bridgehead atoms. The molecule has 0 heterocycles. The maximum atomic E-state index is 10.1. The standard InChI is InChI=1S/C17H20O3/c1-11(2)17-13(6-5-7-15(17)18)14-10-12(19-3)8-9-16(14)20-4/h5-11,18H,1-4H3. The van der Waals surface area contributed by atoms with Gasteiger partial charge in [-0.1, -0.05) is 26.0 Å². The summed E-state index contributed by atoms with van der Waals surface area (Å²) in [5, 5.41) is 10.1. The first-order valence-corrected chi connectivity index (χ1v) is 6.62. The number of phenols is 1. The smallest absolute Gasteiger partial charge is 0.126 e. The van der Waals surface area contributed by atoms with Crippen LogP contribution in [0, 0.1) is 0 Å². The van der Waals surface area contributed by atoms with Crippen LogP contribution < -0.4 is 9.47 Å². The molecule has 0 radical (unpaired) electrons. The van der Waals surface area contributed by atoms with Gasteiger partial charge in [0.1, 0.15) is 17.2 Å². The molecule has 3 nitrogen and oxygen atoms in total. The summed E-state index contributed by atoms with van der Waals surface area (Å²) in [6, 6.07) is 11.2. The van der Waals surface area contributed by atoms with E-state index in [-0.39, 0.29) is 5.92 Å². The molecule has 0 saturated heterocycles. The van der Waals surface area contributed by atoms with Crippen molar-refractivity contribution in [2.45, 2.75) is 19.8 Å². The second-order valence-corrected chi connectivity index (χ2v) is 4.96. The third kappa shape index (κ3) is 2.57. The highest BCUT2D eigenvalue weighted by atomic mass is 16.5. The monoisotopic (exact) mass is 272 g/mol. The lowest BCUT2D eigenvalue weighted by molar-refractivity contribution is 0.404. The van der Waals surface area contributed by atoms with Crippen molar-refractivity contribution < 1.29 is 14.6 Å². The second-order valence-electron chi connectivity index (χ2n) is 4.96. The summed E-state index contributed by atoms with van der Waals surface area (Å²) < 4.78 is 10.7. The molecule has 0 aromatic heterocycles. The molecule has 0 aliphatic rings. The Balaban J connectivity index is 2.70. The van der Waals surface area contributed by atoms with E-state index < -0.39 is 0 Å². The van der Waals surface area contributed by atoms with E-state index in [1.165, 1.54) is 0 Å². The molecule has 0 fully saturated rings. The molecular weight excluding hydrogens is 252 g/mol. The minimum Gasteiger partial charge on any atom is -0.508 e. The third-order valence-corrected chi connectivity index (χ3v) is 3.36. The molecule has 0 aliphatic carbocycles. The molecule has 0 saturated carbocycles. The lowest BCUT2D eigenvalue weighted by atomic mass is 9.91. The van der Waals surface area contributed by atoms with Gasteiger partial charge >= 0.3 is 0 Å². The van der Waals surface area contributed by atoms with E-state index in [1.807, 2.05) is 30.3 Å². The van der Waals surface area contributed by atoms with Gasteiger partial charge in [0.05, 0.1) is 14.2 Å². The van der Waals surface area contributed by atoms with Crippen molar-refractivity contribution in [3.05, 3.63) is 42.0 Å². The second kappa shape index (κ2) is 5.87. The predicted molar refractivity (Wildman–Crippen MR) is 80.7 cm³/mol. The number of hydrogen-bond donors (Lipinski definition) is 1. The van der Waals surface area contributed by atoms with Gasteiger partial charge in [0.25, 0.3) is 0 Å². The zero-order valence-electron chi connectivity index (χ0n) is 12.3. The van der Waals surface area contributed by atoms with Crippen molar-refractivity contribution in [2.24, 2.45) is 0 Å². The number of ether oxygens (including phenoxy) is 2. The molecule has 20 heavy (non-hydrogen) atoms. The van der Waals surface area contributed by atoms with Gasteiger partial charge in [-0.3, -0.25) is 0 Å². The molecular formula is C17H20O3. The van der Waals surface area contributed by atoms with Gasteiger partial charge in [0.2, 0.25) is 0 Å². The number of benzene rings is 2. The van der Waals surface area contributed by atoms with Crippen LogP contribution in [0.4, 0.5) is 0 Å². The van der Waals surface area contributed by atoms with E-state index >= 15 is 0 Å². The summed E-state index contributed by atoms with van der Waals surface area (Å²) >= 11 is 0. The number of rotatable bonds is 4. The fourth-order valence-electron chi connectivity index (χ4n) is 2.42. The zero-order valence-corrected chi connectivity index (χ0v) is 12.3. The van der Waals surface area contributed by atoms with Gasteiger partial charge in [-0.25, -0.2) is 0 Å². The minimum atomic E-state index is 0.210. The van der Waals surface area contributed by atoms with Crippen LogP contribution in [-0.4, -0.2) is 19.3 Å². The Morgan fingerprint density at radius 3 is 2.30 bits per heavy atom. The Hall–Kier alpha value is -2.16. The topological polar surface area (TPSA) is 38.7 Å². The number of hydrogen-bond acceptors (Lipinski definition) is 3. The maximum Gasteiger partial charge on any atom is 0.126 e. The summed E-state index contributed by atoms with van der Waals surface area (Å²) in [5.41, 5.74) is 2.81. The lowest BCUT2D eigenvalue weighted by Gasteiger charge is -2.17. The highest BCUT2D eigenvalue weighted by Crippen LogP contribution is 2.40. The van der Waals surface area contributed by atoms with Gasteiger partial charge in [0, 0.05) is 11.1 Å². The first kappa shape index (κ1) is 14.3. The Bertz CT molecular complexity index is 603. The maximum absolute atomic E-state index is 10.1. The normalized spacial score (nSPS) is 10.7. The summed E-state index contributed by atoms with van der Waals surface area (Å²) in [6.07, 6.45) is 0. The van der Waals surface area contributed by atoms with Crippen molar-refractivity contribution in [3.63, 3.8) is 0 Å². The molecule has 0 unspecified atom stereocenters. The third-order valence-electron chi connectivity index (χ3n) is 3.36. The van der Waals surface area contributed by atoms with E-state index in [9.17, 15) is 5.11 Å². The van der Waals surface area contributed by atoms with Crippen LogP contribution in [0.3, 0.4) is 0 Å². The molecule has 2 aromatic carbocycles. The molecule has 106 valence electrons. The van der Waals surface area contributed by atoms with Gasteiger partial charge < -0.3 is 14.6 Å². The summed E-state index contributed by atoms with van der Waals surface area (Å²) in [6.45, 7) is 4.12. The van der Waals surface area contributed by atoms with Crippen LogP contribution in [0.1, 0.15) is 25.3 Å². The van der Waals surface area contributed by atoms with Crippen LogP contribution in [-0.2, 0) is 0 Å². The van der Waals surface area contributed by atoms with E-state index in [4.69, 9.17) is 9.47 Å². The molecule has 0 atom stereocenters. The quantitative estimate of drug-likeness (QED) is 0.906.